The van der Waals surface area contributed by atoms with Crippen LogP contribution in [0.1, 0.15) is 6.92 Å². The summed E-state index contributed by atoms with van der Waals surface area (Å²) in [7, 11) is 1.66. The molecule has 2 aliphatic heterocycles. The number of rotatable bonds is 9. The number of nitrogens with zero attached hydrogens (tertiary/aromatic N) is 8. The maximum absolute atomic E-state index is 12.8. The average Bonchev–Trinajstić information content (AvgIpc) is 3.48. The first-order valence-electron chi connectivity index (χ1n) is 10.5. The number of hydrogen-bond acceptors (Lipinski definition) is 14. The Bertz CT molecular complexity index is 1290. The summed E-state index contributed by atoms with van der Waals surface area (Å²) in [4.78, 5) is 60.3. The van der Waals surface area contributed by atoms with Crippen LogP contribution in [0.3, 0.4) is 0 Å². The van der Waals surface area contributed by atoms with Crippen LogP contribution in [0.15, 0.2) is 27.0 Å². The number of tetrazole rings is 1. The van der Waals surface area contributed by atoms with Gasteiger partial charge in [0.2, 0.25) is 5.16 Å². The molecule has 0 aromatic carbocycles. The summed E-state index contributed by atoms with van der Waals surface area (Å²) in [6.07, 6.45) is -0.153. The molecule has 0 bridgehead atoms. The number of fused-ring (bicyclic) bond motifs is 1. The molecule has 2 aliphatic rings. The van der Waals surface area contributed by atoms with Gasteiger partial charge in [-0.15, -0.1) is 28.2 Å². The molecule has 4 heterocycles. The van der Waals surface area contributed by atoms with E-state index in [0.717, 1.165) is 22.5 Å². The van der Waals surface area contributed by atoms with Gasteiger partial charge in [0.05, 0.1) is 0 Å². The van der Waals surface area contributed by atoms with Crippen LogP contribution in [0.5, 0.6) is 0 Å². The fourth-order valence-corrected chi connectivity index (χ4v) is 6.32. The van der Waals surface area contributed by atoms with Gasteiger partial charge in [-0.25, -0.2) is 19.3 Å². The molecule has 16 nitrogen and oxygen atoms in total. The number of aliphatic carboxylic acids is 1. The Hall–Kier alpha value is -3.71. The number of oxime groups is 1. The number of aryl methyl sites for hydroxylation is 1. The predicted molar refractivity (Wildman–Crippen MR) is 134 cm³/mol. The zero-order valence-electron chi connectivity index (χ0n) is 19.3. The number of nitrogen functional groups attached to an aromatic ring is 1. The third-order valence-electron chi connectivity index (χ3n) is 5.13. The molecule has 2 aromatic heterocycles. The quantitative estimate of drug-likeness (QED) is 0.117. The van der Waals surface area contributed by atoms with Crippen LogP contribution < -0.4 is 16.0 Å². The maximum atomic E-state index is 12.8. The van der Waals surface area contributed by atoms with Crippen LogP contribution in [0.4, 0.5) is 15.7 Å². The number of thiazole rings is 1. The molecule has 0 spiro atoms. The van der Waals surface area contributed by atoms with Gasteiger partial charge in [-0.05, 0) is 22.9 Å². The first-order chi connectivity index (χ1) is 17.7. The van der Waals surface area contributed by atoms with Gasteiger partial charge in [0.25, 0.3) is 11.8 Å². The molecular weight excluding hydrogens is 548 g/mol. The van der Waals surface area contributed by atoms with Crippen LogP contribution in [0.25, 0.3) is 0 Å². The molecule has 0 saturated carbocycles. The number of carboxylic acid groups (broad SMARTS) is 1. The molecule has 2 atom stereocenters. The van der Waals surface area contributed by atoms with Crippen molar-refractivity contribution in [1.29, 1.82) is 0 Å². The second-order valence-electron chi connectivity index (χ2n) is 7.41. The summed E-state index contributed by atoms with van der Waals surface area (Å²) in [5.74, 6) is -1.71. The normalized spacial score (nSPS) is 19.0. The number of carbonyl (C=O) groups is 4. The SMILES string of the molecule is CCN(C(=O)O/N=C/C(=O)NC1C(=O)N2C(C(=O)O)=C(CSc3nnnn3C)CSC12)c1csc(N)n1. The van der Waals surface area contributed by atoms with Crippen molar-refractivity contribution in [3.63, 3.8) is 0 Å². The molecule has 37 heavy (non-hydrogen) atoms. The molecule has 2 aromatic rings. The van der Waals surface area contributed by atoms with E-state index in [2.05, 4.69) is 31.0 Å². The smallest absolute Gasteiger partial charge is 0.441 e. The highest BCUT2D eigenvalue weighted by atomic mass is 32.2. The molecule has 0 aliphatic carbocycles. The van der Waals surface area contributed by atoms with Gasteiger partial charge in [-0.3, -0.25) is 24.2 Å². The van der Waals surface area contributed by atoms with E-state index >= 15 is 0 Å². The van der Waals surface area contributed by atoms with Gasteiger partial charge in [-0.2, -0.15) is 0 Å². The van der Waals surface area contributed by atoms with Gasteiger partial charge in [0.1, 0.15) is 23.3 Å². The highest BCUT2D eigenvalue weighted by Gasteiger charge is 2.54. The van der Waals surface area contributed by atoms with Crippen LogP contribution in [-0.2, 0) is 26.3 Å². The van der Waals surface area contributed by atoms with Gasteiger partial charge >= 0.3 is 12.1 Å². The van der Waals surface area contributed by atoms with Crippen molar-refractivity contribution in [1.82, 2.24) is 35.4 Å². The number of thioether (sulfide) groups is 2. The molecule has 1 fully saturated rings. The third kappa shape index (κ3) is 5.52. The Kier molecular flexibility index (Phi) is 7.93. The Morgan fingerprint density at radius 3 is 2.86 bits per heavy atom. The topological polar surface area (TPSA) is 211 Å². The number of carbonyl (C=O) groups excluding carboxylic acids is 3. The number of hydrogen-bond donors (Lipinski definition) is 3. The van der Waals surface area contributed by atoms with Crippen molar-refractivity contribution in [3.05, 3.63) is 16.7 Å². The number of β-lactam (4-membered cyclic amide) rings is 1. The minimum absolute atomic E-state index is 0.119. The molecular formula is C18H20N10O6S3. The second kappa shape index (κ2) is 11.1. The molecule has 0 radical (unpaired) electrons. The number of aromatic nitrogens is 5. The van der Waals surface area contributed by atoms with E-state index in [4.69, 9.17) is 10.6 Å². The van der Waals surface area contributed by atoms with Gasteiger partial charge < -0.3 is 16.2 Å². The average molecular weight is 569 g/mol. The Morgan fingerprint density at radius 2 is 2.24 bits per heavy atom. The second-order valence-corrected chi connectivity index (χ2v) is 10.3. The summed E-state index contributed by atoms with van der Waals surface area (Å²) in [5.41, 5.74) is 6.00. The van der Waals surface area contributed by atoms with Crippen molar-refractivity contribution >= 4 is 75.9 Å². The van der Waals surface area contributed by atoms with Crippen LogP contribution in [0, 0.1) is 0 Å². The van der Waals surface area contributed by atoms with E-state index in [0.29, 0.717) is 16.5 Å². The van der Waals surface area contributed by atoms with E-state index in [9.17, 15) is 24.3 Å². The highest BCUT2D eigenvalue weighted by Crippen LogP contribution is 2.41. The minimum Gasteiger partial charge on any atom is -0.477 e. The summed E-state index contributed by atoms with van der Waals surface area (Å²) >= 11 is 3.72. The highest BCUT2D eigenvalue weighted by molar-refractivity contribution is 8.01. The fourth-order valence-electron chi connectivity index (χ4n) is 3.44. The maximum Gasteiger partial charge on any atom is 0.441 e. The number of anilines is 2. The Balaban J connectivity index is 1.34. The van der Waals surface area contributed by atoms with E-state index in [1.165, 1.54) is 33.1 Å². The largest absolute Gasteiger partial charge is 0.477 e. The first kappa shape index (κ1) is 26.4. The third-order valence-corrected chi connectivity index (χ3v) is 8.23. The van der Waals surface area contributed by atoms with Crippen LogP contribution in [-0.4, -0.2) is 94.8 Å². The lowest BCUT2D eigenvalue weighted by Gasteiger charge is -2.49. The number of amides is 3. The van der Waals surface area contributed by atoms with Crippen LogP contribution >= 0.6 is 34.9 Å². The van der Waals surface area contributed by atoms with E-state index in [1.807, 2.05) is 0 Å². The molecule has 196 valence electrons. The molecule has 4 N–H and O–H groups in total. The van der Waals surface area contributed by atoms with Crippen molar-refractivity contribution in [3.8, 4) is 0 Å². The number of nitrogens with one attached hydrogen (secondary N) is 1. The van der Waals surface area contributed by atoms with Gasteiger partial charge in [0, 0.05) is 30.5 Å². The molecule has 1 saturated heterocycles. The first-order valence-corrected chi connectivity index (χ1v) is 13.4. The lowest BCUT2D eigenvalue weighted by atomic mass is 10.0. The van der Waals surface area contributed by atoms with E-state index < -0.39 is 35.3 Å². The van der Waals surface area contributed by atoms with Crippen molar-refractivity contribution < 1.29 is 29.1 Å². The number of carboxylic acids is 1. The summed E-state index contributed by atoms with van der Waals surface area (Å²) in [5, 5.41) is 28.5. The van der Waals surface area contributed by atoms with Crippen molar-refractivity contribution in [2.45, 2.75) is 23.5 Å². The Morgan fingerprint density at radius 1 is 1.46 bits per heavy atom. The number of nitrogens with two attached hydrogens (primary N) is 1. The molecule has 2 unspecified atom stereocenters. The zero-order valence-corrected chi connectivity index (χ0v) is 21.7. The fraction of sp³-hybridized carbons (Fsp3) is 0.389. The Labute approximate surface area is 221 Å². The monoisotopic (exact) mass is 568 g/mol. The van der Waals surface area contributed by atoms with Gasteiger partial charge in [-0.1, -0.05) is 16.9 Å². The molecule has 3 amide bonds. The lowest BCUT2D eigenvalue weighted by Crippen LogP contribution is -2.70. The summed E-state index contributed by atoms with van der Waals surface area (Å²) < 4.78 is 1.46. The summed E-state index contributed by atoms with van der Waals surface area (Å²) in [6, 6.07) is -0.962. The van der Waals surface area contributed by atoms with E-state index in [1.54, 1.807) is 19.4 Å². The van der Waals surface area contributed by atoms with Gasteiger partial charge in [0.15, 0.2) is 10.9 Å². The minimum atomic E-state index is -1.24. The standard InChI is InChI=1S/C18H20N10O6S3/c1-3-27(9-7-36-16(19)21-9)18(33)34-20-4-10(29)22-11-13(30)28-12(15(31)32)8(5-35-14(11)28)6-37-17-23-24-25-26(17)2/h4,7,11,14H,3,5-6H2,1-2H3,(H2,19,21)(H,22,29)(H,31,32)/b20-4+. The van der Waals surface area contributed by atoms with E-state index in [-0.39, 0.29) is 28.9 Å². The lowest BCUT2D eigenvalue weighted by molar-refractivity contribution is -0.150. The zero-order chi connectivity index (χ0) is 26.7. The summed E-state index contributed by atoms with van der Waals surface area (Å²) in [6.45, 7) is 1.92. The van der Waals surface area contributed by atoms with Crippen molar-refractivity contribution in [2.75, 3.05) is 28.7 Å². The molecule has 4 rings (SSSR count). The van der Waals surface area contributed by atoms with Crippen molar-refractivity contribution in [2.24, 2.45) is 12.2 Å². The molecule has 19 heteroatoms. The predicted octanol–water partition coefficient (Wildman–Crippen LogP) is -0.272. The van der Waals surface area contributed by atoms with Crippen LogP contribution in [0.2, 0.25) is 0 Å².